The van der Waals surface area contributed by atoms with E-state index in [1.54, 1.807) is 29.2 Å². The van der Waals surface area contributed by atoms with Crippen LogP contribution in [0.3, 0.4) is 0 Å². The van der Waals surface area contributed by atoms with Crippen LogP contribution in [0.25, 0.3) is 0 Å². The molecule has 0 spiro atoms. The second kappa shape index (κ2) is 6.13. The Morgan fingerprint density at radius 1 is 1.37 bits per heavy atom. The average Bonchev–Trinajstić information content (AvgIpc) is 2.80. The van der Waals surface area contributed by atoms with Crippen molar-refractivity contribution in [2.75, 3.05) is 5.32 Å². The fourth-order valence-electron chi connectivity index (χ4n) is 1.74. The maximum Gasteiger partial charge on any atom is 0.224 e. The molecule has 0 radical (unpaired) electrons. The van der Waals surface area contributed by atoms with Gasteiger partial charge in [0.15, 0.2) is 0 Å². The van der Waals surface area contributed by atoms with Crippen molar-refractivity contribution >= 4 is 11.6 Å². The minimum Gasteiger partial charge on any atom is -0.323 e. The molecule has 4 nitrogen and oxygen atoms in total. The van der Waals surface area contributed by atoms with Crippen molar-refractivity contribution in [2.24, 2.45) is 0 Å². The number of hydrogen-bond donors (Lipinski definition) is 1. The molecule has 19 heavy (non-hydrogen) atoms. The highest BCUT2D eigenvalue weighted by Crippen LogP contribution is 2.09. The van der Waals surface area contributed by atoms with Gasteiger partial charge in [0.25, 0.3) is 0 Å². The highest BCUT2D eigenvalue weighted by molar-refractivity contribution is 5.90. The molecule has 100 valence electrons. The van der Waals surface area contributed by atoms with Crippen LogP contribution < -0.4 is 5.32 Å². The zero-order chi connectivity index (χ0) is 13.7. The predicted molar refractivity (Wildman–Crippen MR) is 71.3 cm³/mol. The smallest absolute Gasteiger partial charge is 0.224 e. The lowest BCUT2D eigenvalue weighted by Crippen LogP contribution is -2.09. The molecule has 1 aromatic heterocycles. The maximum atomic E-state index is 12.8. The van der Waals surface area contributed by atoms with E-state index in [2.05, 4.69) is 10.4 Å². The Hall–Kier alpha value is -2.17. The third kappa shape index (κ3) is 3.91. The van der Waals surface area contributed by atoms with Crippen molar-refractivity contribution < 1.29 is 9.18 Å². The number of aromatic nitrogens is 2. The number of rotatable bonds is 5. The molecule has 0 aliphatic heterocycles. The second-order valence-electron chi connectivity index (χ2n) is 4.35. The lowest BCUT2D eigenvalue weighted by Gasteiger charge is -2.02. The van der Waals surface area contributed by atoms with Crippen molar-refractivity contribution in [1.29, 1.82) is 0 Å². The van der Waals surface area contributed by atoms with E-state index in [4.69, 9.17) is 0 Å². The van der Waals surface area contributed by atoms with Gasteiger partial charge in [-0.3, -0.25) is 9.48 Å². The number of amides is 1. The van der Waals surface area contributed by atoms with Gasteiger partial charge >= 0.3 is 0 Å². The molecule has 1 heterocycles. The summed E-state index contributed by atoms with van der Waals surface area (Å²) in [5.41, 5.74) is 1.64. The van der Waals surface area contributed by atoms with Crippen LogP contribution in [0.1, 0.15) is 25.3 Å². The zero-order valence-electron chi connectivity index (χ0n) is 10.8. The molecule has 0 aliphatic carbocycles. The number of nitrogens with zero attached hydrogens (tertiary/aromatic N) is 2. The van der Waals surface area contributed by atoms with Crippen LogP contribution in [0.15, 0.2) is 36.7 Å². The van der Waals surface area contributed by atoms with Gasteiger partial charge in [0, 0.05) is 12.6 Å². The van der Waals surface area contributed by atoms with Gasteiger partial charge in [-0.2, -0.15) is 5.10 Å². The monoisotopic (exact) mass is 261 g/mol. The van der Waals surface area contributed by atoms with Gasteiger partial charge in [-0.25, -0.2) is 4.39 Å². The molecule has 0 saturated heterocycles. The van der Waals surface area contributed by atoms with Crippen molar-refractivity contribution in [3.63, 3.8) is 0 Å². The van der Waals surface area contributed by atoms with Crippen LogP contribution in [-0.2, 0) is 11.3 Å². The Morgan fingerprint density at radius 2 is 2.11 bits per heavy atom. The molecule has 0 bridgehead atoms. The molecular weight excluding hydrogens is 245 g/mol. The summed E-state index contributed by atoms with van der Waals surface area (Å²) >= 11 is 0. The minimum atomic E-state index is -0.253. The molecule has 1 amide bonds. The number of halogens is 1. The van der Waals surface area contributed by atoms with Crippen molar-refractivity contribution in [3.05, 3.63) is 48.0 Å². The normalized spacial score (nSPS) is 10.4. The van der Waals surface area contributed by atoms with E-state index in [0.29, 0.717) is 18.7 Å². The van der Waals surface area contributed by atoms with E-state index in [1.807, 2.05) is 6.92 Å². The van der Waals surface area contributed by atoms with Crippen molar-refractivity contribution in [3.8, 4) is 0 Å². The Kier molecular flexibility index (Phi) is 4.28. The summed E-state index contributed by atoms with van der Waals surface area (Å²) in [6.07, 6.45) is 4.69. The predicted octanol–water partition coefficient (Wildman–Crippen LogP) is 2.81. The van der Waals surface area contributed by atoms with Crippen LogP contribution in [0.2, 0.25) is 0 Å². The lowest BCUT2D eigenvalue weighted by molar-refractivity contribution is -0.116. The number of carbonyl (C=O) groups is 1. The minimum absolute atomic E-state index is 0.0103. The first-order chi connectivity index (χ1) is 9.17. The topological polar surface area (TPSA) is 46.9 Å². The van der Waals surface area contributed by atoms with Crippen LogP contribution in [0.4, 0.5) is 10.1 Å². The molecule has 1 aromatic carbocycles. The highest BCUT2D eigenvalue weighted by Gasteiger charge is 2.04. The average molecular weight is 261 g/mol. The first-order valence-electron chi connectivity index (χ1n) is 6.24. The number of carbonyl (C=O) groups excluding carboxylic acids is 1. The van der Waals surface area contributed by atoms with E-state index < -0.39 is 0 Å². The van der Waals surface area contributed by atoms with E-state index >= 15 is 0 Å². The van der Waals surface area contributed by atoms with Gasteiger partial charge in [-0.05, 0) is 24.1 Å². The Morgan fingerprint density at radius 3 is 2.79 bits per heavy atom. The molecule has 0 atom stereocenters. The summed E-state index contributed by atoms with van der Waals surface area (Å²) in [5, 5.41) is 6.93. The van der Waals surface area contributed by atoms with Crippen LogP contribution in [-0.4, -0.2) is 15.7 Å². The van der Waals surface area contributed by atoms with Gasteiger partial charge in [-0.1, -0.05) is 19.1 Å². The summed E-state index contributed by atoms with van der Waals surface area (Å²) in [7, 11) is 0. The summed E-state index contributed by atoms with van der Waals surface area (Å²) in [6.45, 7) is 2.50. The summed E-state index contributed by atoms with van der Waals surface area (Å²) in [4.78, 5) is 11.4. The van der Waals surface area contributed by atoms with Gasteiger partial charge in [0.05, 0.1) is 18.4 Å². The third-order valence-electron chi connectivity index (χ3n) is 2.65. The van der Waals surface area contributed by atoms with Crippen molar-refractivity contribution in [1.82, 2.24) is 9.78 Å². The second-order valence-corrected chi connectivity index (χ2v) is 4.35. The number of hydrogen-bond acceptors (Lipinski definition) is 2. The first-order valence-corrected chi connectivity index (χ1v) is 6.24. The molecule has 1 N–H and O–H groups in total. The Balaban J connectivity index is 1.97. The van der Waals surface area contributed by atoms with Gasteiger partial charge in [0.1, 0.15) is 5.82 Å². The fourth-order valence-corrected chi connectivity index (χ4v) is 1.74. The van der Waals surface area contributed by atoms with Gasteiger partial charge in [-0.15, -0.1) is 0 Å². The van der Waals surface area contributed by atoms with Gasteiger partial charge in [0.2, 0.25) is 5.91 Å². The summed E-state index contributed by atoms with van der Waals surface area (Å²) in [5.74, 6) is -0.263. The molecule has 2 rings (SSSR count). The molecule has 2 aromatic rings. The van der Waals surface area contributed by atoms with E-state index in [-0.39, 0.29) is 11.7 Å². The van der Waals surface area contributed by atoms with Crippen LogP contribution in [0, 0.1) is 5.82 Å². The quantitative estimate of drug-likeness (QED) is 0.899. The Bertz CT molecular complexity index is 548. The van der Waals surface area contributed by atoms with E-state index in [0.717, 1.165) is 12.0 Å². The summed E-state index contributed by atoms with van der Waals surface area (Å²) < 4.78 is 14.5. The molecule has 0 saturated carbocycles. The van der Waals surface area contributed by atoms with Crippen LogP contribution in [0.5, 0.6) is 0 Å². The van der Waals surface area contributed by atoms with E-state index in [1.165, 1.54) is 12.1 Å². The highest BCUT2D eigenvalue weighted by atomic mass is 19.1. The fraction of sp³-hybridized carbons (Fsp3) is 0.286. The van der Waals surface area contributed by atoms with Crippen LogP contribution >= 0.6 is 0 Å². The van der Waals surface area contributed by atoms with Gasteiger partial charge < -0.3 is 5.32 Å². The Labute approximate surface area is 111 Å². The molecule has 5 heteroatoms. The zero-order valence-corrected chi connectivity index (χ0v) is 10.8. The third-order valence-corrected chi connectivity index (χ3v) is 2.65. The summed E-state index contributed by atoms with van der Waals surface area (Å²) in [6, 6.07) is 6.27. The van der Waals surface area contributed by atoms with E-state index in [9.17, 15) is 9.18 Å². The standard InChI is InChI=1S/C14H16FN3O/c1-2-3-14(19)17-13-8-16-18(10-13)9-11-4-6-12(15)7-5-11/h4-8,10H,2-3,9H2,1H3,(H,17,19). The largest absolute Gasteiger partial charge is 0.323 e. The SMILES string of the molecule is CCCC(=O)Nc1cnn(Cc2ccc(F)cc2)c1. The molecule has 0 aliphatic rings. The number of anilines is 1. The van der Waals surface area contributed by atoms with Crippen molar-refractivity contribution in [2.45, 2.75) is 26.3 Å². The lowest BCUT2D eigenvalue weighted by atomic mass is 10.2. The molecular formula is C14H16FN3O. The number of nitrogens with one attached hydrogen (secondary N) is 1. The molecule has 0 fully saturated rings. The first kappa shape index (κ1) is 13.3. The maximum absolute atomic E-state index is 12.8. The number of benzene rings is 1. The molecule has 0 unspecified atom stereocenters.